The van der Waals surface area contributed by atoms with Crippen molar-refractivity contribution >= 4 is 11.9 Å². The second kappa shape index (κ2) is 12.2. The molecule has 0 aromatic heterocycles. The van der Waals surface area contributed by atoms with Crippen molar-refractivity contribution in [3.05, 3.63) is 35.6 Å². The van der Waals surface area contributed by atoms with Gasteiger partial charge in [-0.1, -0.05) is 31.9 Å². The van der Waals surface area contributed by atoms with Crippen LogP contribution in [0.2, 0.25) is 0 Å². The number of carbonyl (C=O) groups is 1. The third-order valence-corrected chi connectivity index (χ3v) is 6.51. The lowest BCUT2D eigenvalue weighted by Crippen LogP contribution is -2.50. The van der Waals surface area contributed by atoms with Crippen molar-refractivity contribution in [1.29, 1.82) is 0 Å². The minimum absolute atomic E-state index is 0.0361. The highest BCUT2D eigenvalue weighted by molar-refractivity contribution is 5.85. The minimum atomic E-state index is -0.236. The lowest BCUT2D eigenvalue weighted by atomic mass is 9.86. The van der Waals surface area contributed by atoms with Gasteiger partial charge in [-0.2, -0.15) is 0 Å². The summed E-state index contributed by atoms with van der Waals surface area (Å²) < 4.78 is 19.1. The number of carbonyl (C=O) groups excluding carboxylic acids is 1. The van der Waals surface area contributed by atoms with Crippen molar-refractivity contribution in [3.8, 4) is 0 Å². The maximum atomic E-state index is 13.5. The Bertz CT molecular complexity index is 749. The van der Waals surface area contributed by atoms with Crippen LogP contribution in [0.15, 0.2) is 29.3 Å². The molecule has 1 saturated carbocycles. The van der Waals surface area contributed by atoms with Crippen molar-refractivity contribution in [3.63, 3.8) is 0 Å². The minimum Gasteiger partial charge on any atom is -0.379 e. The van der Waals surface area contributed by atoms with E-state index in [9.17, 15) is 9.18 Å². The summed E-state index contributed by atoms with van der Waals surface area (Å²) in [5.74, 6) is 0.956. The number of benzene rings is 1. The van der Waals surface area contributed by atoms with Gasteiger partial charge in [0.05, 0.1) is 19.3 Å². The highest BCUT2D eigenvalue weighted by atomic mass is 19.1. The number of guanidine groups is 1. The Morgan fingerprint density at radius 2 is 1.91 bits per heavy atom. The molecule has 1 aromatic rings. The number of hydrogen-bond acceptors (Lipinski definition) is 4. The first-order valence-corrected chi connectivity index (χ1v) is 11.8. The van der Waals surface area contributed by atoms with Crippen molar-refractivity contribution in [2.24, 2.45) is 10.9 Å². The summed E-state index contributed by atoms with van der Waals surface area (Å²) in [4.78, 5) is 20.7. The fourth-order valence-corrected chi connectivity index (χ4v) is 4.37. The lowest BCUT2D eigenvalue weighted by molar-refractivity contribution is -0.127. The Morgan fingerprint density at radius 3 is 2.56 bits per heavy atom. The molecule has 0 spiro atoms. The zero-order valence-electron chi connectivity index (χ0n) is 19.6. The van der Waals surface area contributed by atoms with Crippen molar-refractivity contribution in [2.75, 3.05) is 53.5 Å². The molecule has 1 aromatic carbocycles. The van der Waals surface area contributed by atoms with Crippen LogP contribution in [-0.2, 0) is 9.53 Å². The van der Waals surface area contributed by atoms with Crippen LogP contribution in [0.25, 0.3) is 0 Å². The Morgan fingerprint density at radius 1 is 1.22 bits per heavy atom. The molecule has 32 heavy (non-hydrogen) atoms. The summed E-state index contributed by atoms with van der Waals surface area (Å²) in [5, 5.41) is 7.07. The number of morpholine rings is 1. The summed E-state index contributed by atoms with van der Waals surface area (Å²) in [7, 11) is 3.48. The number of nitrogens with one attached hydrogen (secondary N) is 2. The number of rotatable bonds is 7. The normalized spacial score (nSPS) is 23.4. The van der Waals surface area contributed by atoms with Gasteiger partial charge in [0.25, 0.3) is 0 Å². The van der Waals surface area contributed by atoms with Gasteiger partial charge in [0.2, 0.25) is 5.91 Å². The van der Waals surface area contributed by atoms with Crippen molar-refractivity contribution in [1.82, 2.24) is 20.4 Å². The zero-order valence-corrected chi connectivity index (χ0v) is 19.6. The molecule has 8 heteroatoms. The van der Waals surface area contributed by atoms with Crippen molar-refractivity contribution in [2.45, 2.75) is 44.7 Å². The Labute approximate surface area is 191 Å². The molecule has 3 unspecified atom stereocenters. The van der Waals surface area contributed by atoms with E-state index in [0.29, 0.717) is 37.7 Å². The standard InChI is InChI=1S/C24H38FN5O2/c1-18-6-4-5-7-21(18)28-24(27-17-23(31)29(2)3)26-16-22(30-12-14-32-15-13-30)19-8-10-20(25)11-9-19/h8-11,18,21-22H,4-7,12-17H2,1-3H3,(H2,26,27,28). The molecular weight excluding hydrogens is 409 g/mol. The van der Waals surface area contributed by atoms with Crippen LogP contribution >= 0.6 is 0 Å². The maximum Gasteiger partial charge on any atom is 0.243 e. The quantitative estimate of drug-likeness (QED) is 0.496. The third kappa shape index (κ3) is 7.17. The zero-order chi connectivity index (χ0) is 22.9. The third-order valence-electron chi connectivity index (χ3n) is 6.51. The van der Waals surface area contributed by atoms with E-state index in [1.807, 2.05) is 12.1 Å². The van der Waals surface area contributed by atoms with Gasteiger partial charge in [-0.3, -0.25) is 9.69 Å². The first-order chi connectivity index (χ1) is 15.4. The average Bonchev–Trinajstić information content (AvgIpc) is 2.80. The van der Waals surface area contributed by atoms with Crippen LogP contribution in [0.5, 0.6) is 0 Å². The predicted molar refractivity (Wildman–Crippen MR) is 125 cm³/mol. The molecule has 178 valence electrons. The number of amides is 1. The maximum absolute atomic E-state index is 13.5. The van der Waals surface area contributed by atoms with Gasteiger partial charge in [0.1, 0.15) is 12.4 Å². The molecule has 1 saturated heterocycles. The number of ether oxygens (including phenoxy) is 1. The fourth-order valence-electron chi connectivity index (χ4n) is 4.37. The molecule has 2 fully saturated rings. The van der Waals surface area contributed by atoms with E-state index in [-0.39, 0.29) is 24.3 Å². The average molecular weight is 448 g/mol. The molecule has 3 atom stereocenters. The molecule has 1 amide bonds. The van der Waals surface area contributed by atoms with E-state index in [1.54, 1.807) is 19.0 Å². The number of halogens is 1. The Hall–Kier alpha value is -2.19. The summed E-state index contributed by atoms with van der Waals surface area (Å²) in [6, 6.07) is 7.11. The van der Waals surface area contributed by atoms with Gasteiger partial charge < -0.3 is 20.3 Å². The van der Waals surface area contributed by atoms with Crippen LogP contribution in [0, 0.1) is 11.7 Å². The van der Waals surface area contributed by atoms with Gasteiger partial charge in [0, 0.05) is 39.8 Å². The molecular formula is C24H38FN5O2. The summed E-state index contributed by atoms with van der Waals surface area (Å²) in [6.45, 7) is 6.00. The number of hydrogen-bond donors (Lipinski definition) is 2. The van der Waals surface area contributed by atoms with Crippen LogP contribution < -0.4 is 10.6 Å². The molecule has 2 N–H and O–H groups in total. The van der Waals surface area contributed by atoms with E-state index in [0.717, 1.165) is 25.1 Å². The van der Waals surface area contributed by atoms with Crippen LogP contribution in [-0.4, -0.2) is 81.2 Å². The molecule has 7 nitrogen and oxygen atoms in total. The van der Waals surface area contributed by atoms with Gasteiger partial charge in [0.15, 0.2) is 5.96 Å². The number of likely N-dealkylation sites (N-methyl/N-ethyl adjacent to an activating group) is 1. The lowest BCUT2D eigenvalue weighted by Gasteiger charge is -2.36. The monoisotopic (exact) mass is 447 g/mol. The van der Waals surface area contributed by atoms with E-state index >= 15 is 0 Å². The molecule has 3 rings (SSSR count). The summed E-state index contributed by atoms with van der Waals surface area (Å²) >= 11 is 0. The summed E-state index contributed by atoms with van der Waals surface area (Å²) in [5.41, 5.74) is 1.05. The van der Waals surface area contributed by atoms with E-state index < -0.39 is 0 Å². The van der Waals surface area contributed by atoms with Crippen LogP contribution in [0.1, 0.15) is 44.2 Å². The smallest absolute Gasteiger partial charge is 0.243 e. The van der Waals surface area contributed by atoms with Gasteiger partial charge in [-0.25, -0.2) is 9.38 Å². The fraction of sp³-hybridized carbons (Fsp3) is 0.667. The van der Waals surface area contributed by atoms with Crippen molar-refractivity contribution < 1.29 is 13.9 Å². The van der Waals surface area contributed by atoms with E-state index in [1.165, 1.54) is 31.4 Å². The Kier molecular flexibility index (Phi) is 9.29. The molecule has 0 bridgehead atoms. The second-order valence-electron chi connectivity index (χ2n) is 9.06. The van der Waals surface area contributed by atoms with Crippen LogP contribution in [0.4, 0.5) is 4.39 Å². The molecule has 0 radical (unpaired) electrons. The molecule has 2 aliphatic rings. The first kappa shape index (κ1) is 24.5. The largest absolute Gasteiger partial charge is 0.379 e. The highest BCUT2D eigenvalue weighted by Crippen LogP contribution is 2.24. The first-order valence-electron chi connectivity index (χ1n) is 11.8. The Balaban J connectivity index is 1.74. The van der Waals surface area contributed by atoms with E-state index in [4.69, 9.17) is 4.74 Å². The van der Waals surface area contributed by atoms with E-state index in [2.05, 4.69) is 27.4 Å². The molecule has 1 aliphatic heterocycles. The number of nitrogens with zero attached hydrogens (tertiary/aromatic N) is 3. The van der Waals surface area contributed by atoms with Crippen LogP contribution in [0.3, 0.4) is 0 Å². The topological polar surface area (TPSA) is 69.2 Å². The van der Waals surface area contributed by atoms with Gasteiger partial charge >= 0.3 is 0 Å². The SMILES string of the molecule is CC1CCCCC1NC(=NCC(=O)N(C)C)NCC(c1ccc(F)cc1)N1CCOCC1. The number of aliphatic imine (C=N–C) groups is 1. The highest BCUT2D eigenvalue weighted by Gasteiger charge is 2.25. The van der Waals surface area contributed by atoms with Gasteiger partial charge in [-0.05, 0) is 36.5 Å². The molecule has 1 heterocycles. The second-order valence-corrected chi connectivity index (χ2v) is 9.06. The van der Waals surface area contributed by atoms with Gasteiger partial charge in [-0.15, -0.1) is 0 Å². The molecule has 1 aliphatic carbocycles. The predicted octanol–water partition coefficient (Wildman–Crippen LogP) is 2.40. The summed E-state index contributed by atoms with van der Waals surface area (Å²) in [6.07, 6.45) is 4.78.